The number of hydrogen-bond donors (Lipinski definition) is 1. The Labute approximate surface area is 160 Å². The molecule has 0 aliphatic carbocycles. The van der Waals surface area contributed by atoms with Crippen LogP contribution in [-0.2, 0) is 22.1 Å². The molecule has 27 heavy (non-hydrogen) atoms. The average Bonchev–Trinajstić information content (AvgIpc) is 3.21. The third-order valence-electron chi connectivity index (χ3n) is 3.46. The number of hydrogen-bond acceptors (Lipinski definition) is 7. The van der Waals surface area contributed by atoms with Gasteiger partial charge in [-0.2, -0.15) is 18.3 Å². The minimum Gasteiger partial charge on any atom is -0.466 e. The minimum absolute atomic E-state index is 0.0896. The van der Waals surface area contributed by atoms with Gasteiger partial charge in [-0.15, -0.1) is 22.7 Å². The van der Waals surface area contributed by atoms with E-state index >= 15 is 0 Å². The summed E-state index contributed by atoms with van der Waals surface area (Å²) in [5, 5.41) is 7.57. The molecule has 0 fully saturated rings. The number of ether oxygens (including phenoxy) is 1. The number of carbonyl (C=O) groups excluding carboxylic acids is 1. The van der Waals surface area contributed by atoms with Crippen LogP contribution in [0, 0.1) is 0 Å². The molecule has 1 aromatic carbocycles. The number of fused-ring (bicyclic) bond motifs is 1. The number of benzene rings is 1. The first-order valence-electron chi connectivity index (χ1n) is 7.84. The number of esters is 1. The topological polar surface area (TPSA) is 63.6 Å². The molecule has 2 aromatic heterocycles. The fraction of sp³-hybridized carbons (Fsp3) is 0.235. The van der Waals surface area contributed by atoms with E-state index in [0.717, 1.165) is 16.7 Å². The van der Waals surface area contributed by atoms with Crippen molar-refractivity contribution < 1.29 is 22.7 Å². The van der Waals surface area contributed by atoms with Gasteiger partial charge in [0.05, 0.1) is 30.5 Å². The lowest BCUT2D eigenvalue weighted by Crippen LogP contribution is -2.07. The van der Waals surface area contributed by atoms with E-state index in [0.29, 0.717) is 27.7 Å². The van der Waals surface area contributed by atoms with Crippen LogP contribution < -0.4 is 5.43 Å². The zero-order chi connectivity index (χ0) is 19.4. The molecule has 0 amide bonds. The fourth-order valence-corrected chi connectivity index (χ4v) is 3.98. The normalized spacial score (nSPS) is 12.0. The van der Waals surface area contributed by atoms with E-state index in [1.807, 2.05) is 0 Å². The van der Waals surface area contributed by atoms with E-state index in [1.165, 1.54) is 23.6 Å². The van der Waals surface area contributed by atoms with Gasteiger partial charge in [-0.1, -0.05) is 12.1 Å². The van der Waals surface area contributed by atoms with Crippen LogP contribution in [0.15, 0.2) is 34.1 Å². The average molecular weight is 413 g/mol. The molecule has 1 N–H and O–H groups in total. The lowest BCUT2D eigenvalue weighted by Gasteiger charge is -2.04. The lowest BCUT2D eigenvalue weighted by molar-refractivity contribution is -0.142. The van der Waals surface area contributed by atoms with Gasteiger partial charge in [0, 0.05) is 20.8 Å². The third-order valence-corrected chi connectivity index (χ3v) is 5.20. The molecule has 2 heterocycles. The molecule has 3 rings (SSSR count). The van der Waals surface area contributed by atoms with E-state index in [2.05, 4.69) is 15.5 Å². The largest absolute Gasteiger partial charge is 0.466 e. The number of anilines is 1. The number of alkyl halides is 3. The highest BCUT2D eigenvalue weighted by Crippen LogP contribution is 2.38. The molecule has 0 atom stereocenters. The van der Waals surface area contributed by atoms with Crippen molar-refractivity contribution in [3.8, 4) is 0 Å². The maximum Gasteiger partial charge on any atom is 0.417 e. The summed E-state index contributed by atoms with van der Waals surface area (Å²) in [6.07, 6.45) is -2.77. The Kier molecular flexibility index (Phi) is 5.76. The molecule has 0 saturated heterocycles. The Morgan fingerprint density at radius 2 is 2.15 bits per heavy atom. The highest BCUT2D eigenvalue weighted by Gasteiger charge is 2.33. The van der Waals surface area contributed by atoms with Crippen molar-refractivity contribution in [2.75, 3.05) is 12.0 Å². The first kappa shape index (κ1) is 19.3. The van der Waals surface area contributed by atoms with Crippen LogP contribution in [0.1, 0.15) is 23.7 Å². The van der Waals surface area contributed by atoms with Gasteiger partial charge in [0.2, 0.25) is 5.13 Å². The van der Waals surface area contributed by atoms with Gasteiger partial charge in [0.1, 0.15) is 0 Å². The van der Waals surface area contributed by atoms with Crippen LogP contribution in [0.25, 0.3) is 10.1 Å². The van der Waals surface area contributed by atoms with Gasteiger partial charge < -0.3 is 4.74 Å². The van der Waals surface area contributed by atoms with Gasteiger partial charge >= 0.3 is 12.1 Å². The maximum atomic E-state index is 12.9. The van der Waals surface area contributed by atoms with Crippen LogP contribution in [-0.4, -0.2) is 23.8 Å². The molecule has 0 radical (unpaired) electrons. The van der Waals surface area contributed by atoms with E-state index in [9.17, 15) is 18.0 Å². The Morgan fingerprint density at radius 3 is 2.89 bits per heavy atom. The number of thiophene rings is 1. The van der Waals surface area contributed by atoms with E-state index in [1.54, 1.807) is 24.4 Å². The van der Waals surface area contributed by atoms with E-state index < -0.39 is 11.7 Å². The lowest BCUT2D eigenvalue weighted by atomic mass is 10.1. The second-order valence-corrected chi connectivity index (χ2v) is 7.17. The molecule has 0 saturated carbocycles. The Morgan fingerprint density at radius 1 is 1.33 bits per heavy atom. The number of halogens is 3. The van der Waals surface area contributed by atoms with Gasteiger partial charge in [0.15, 0.2) is 0 Å². The van der Waals surface area contributed by atoms with Crippen LogP contribution >= 0.6 is 22.7 Å². The molecule has 5 nitrogen and oxygen atoms in total. The predicted molar refractivity (Wildman–Crippen MR) is 100 cm³/mol. The van der Waals surface area contributed by atoms with Gasteiger partial charge in [-0.25, -0.2) is 4.98 Å². The molecule has 10 heteroatoms. The number of nitrogens with zero attached hydrogens (tertiary/aromatic N) is 2. The summed E-state index contributed by atoms with van der Waals surface area (Å²) in [6, 6.07) is 4.66. The van der Waals surface area contributed by atoms with Crippen molar-refractivity contribution in [3.05, 3.63) is 45.8 Å². The smallest absolute Gasteiger partial charge is 0.417 e. The summed E-state index contributed by atoms with van der Waals surface area (Å²) < 4.78 is 44.1. The molecule has 0 aliphatic heterocycles. The summed E-state index contributed by atoms with van der Waals surface area (Å²) in [5.74, 6) is -0.347. The summed E-state index contributed by atoms with van der Waals surface area (Å²) >= 11 is 2.33. The molecular formula is C17H14F3N3O2S2. The van der Waals surface area contributed by atoms with Crippen molar-refractivity contribution in [2.45, 2.75) is 19.5 Å². The number of rotatable bonds is 6. The Hall–Kier alpha value is -2.46. The van der Waals surface area contributed by atoms with Crippen LogP contribution in [0.2, 0.25) is 0 Å². The van der Waals surface area contributed by atoms with Gasteiger partial charge in [-0.05, 0) is 18.6 Å². The summed E-state index contributed by atoms with van der Waals surface area (Å²) in [6.45, 7) is 2.05. The van der Waals surface area contributed by atoms with Crippen molar-refractivity contribution in [3.63, 3.8) is 0 Å². The SMILES string of the molecule is CCOC(=O)Cc1csc(NN=Cc2ccc3c(C(F)(F)F)csc3c2)n1. The molecule has 0 bridgehead atoms. The molecular weight excluding hydrogens is 399 g/mol. The van der Waals surface area contributed by atoms with Crippen molar-refractivity contribution >= 4 is 50.1 Å². The van der Waals surface area contributed by atoms with Gasteiger partial charge in [-0.3, -0.25) is 10.2 Å². The first-order valence-corrected chi connectivity index (χ1v) is 9.60. The number of aromatic nitrogens is 1. The van der Waals surface area contributed by atoms with Crippen molar-refractivity contribution in [1.82, 2.24) is 4.98 Å². The molecule has 0 unspecified atom stereocenters. The molecule has 0 aliphatic rings. The number of hydrazone groups is 1. The summed E-state index contributed by atoms with van der Waals surface area (Å²) in [7, 11) is 0. The second-order valence-electron chi connectivity index (χ2n) is 5.40. The standard InChI is InChI=1S/C17H14F3N3O2S2/c1-2-25-15(24)6-11-8-27-16(22-11)23-21-7-10-3-4-12-13(17(18,19)20)9-26-14(12)5-10/h3-5,7-9H,2,6H2,1H3,(H,22,23). The first-order chi connectivity index (χ1) is 12.9. The Bertz CT molecular complexity index is 979. The molecule has 142 valence electrons. The highest BCUT2D eigenvalue weighted by molar-refractivity contribution is 7.17. The maximum absolute atomic E-state index is 12.9. The van der Waals surface area contributed by atoms with Gasteiger partial charge in [0.25, 0.3) is 0 Å². The summed E-state index contributed by atoms with van der Waals surface area (Å²) in [5.41, 5.74) is 3.36. The van der Waals surface area contributed by atoms with E-state index in [4.69, 9.17) is 4.74 Å². The number of thiazole rings is 1. The zero-order valence-corrected chi connectivity index (χ0v) is 15.7. The quantitative estimate of drug-likeness (QED) is 0.354. The van der Waals surface area contributed by atoms with E-state index in [-0.39, 0.29) is 17.8 Å². The third kappa shape index (κ3) is 4.83. The molecule has 3 aromatic rings. The fourth-order valence-electron chi connectivity index (χ4n) is 2.31. The zero-order valence-electron chi connectivity index (χ0n) is 14.0. The van der Waals surface area contributed by atoms with Crippen LogP contribution in [0.3, 0.4) is 0 Å². The second kappa shape index (κ2) is 8.05. The predicted octanol–water partition coefficient (Wildman–Crippen LogP) is 4.93. The number of carbonyl (C=O) groups is 1. The molecule has 0 spiro atoms. The summed E-state index contributed by atoms with van der Waals surface area (Å²) in [4.78, 5) is 15.6. The van der Waals surface area contributed by atoms with Crippen molar-refractivity contribution in [2.24, 2.45) is 5.10 Å². The Balaban J connectivity index is 1.65. The monoisotopic (exact) mass is 413 g/mol. The minimum atomic E-state index is -4.36. The van der Waals surface area contributed by atoms with Crippen LogP contribution in [0.4, 0.5) is 18.3 Å². The highest BCUT2D eigenvalue weighted by atomic mass is 32.1. The number of nitrogens with one attached hydrogen (secondary N) is 1. The van der Waals surface area contributed by atoms with Crippen LogP contribution in [0.5, 0.6) is 0 Å². The van der Waals surface area contributed by atoms with Crippen molar-refractivity contribution in [1.29, 1.82) is 0 Å².